The highest BCUT2D eigenvalue weighted by molar-refractivity contribution is 5.75. The Labute approximate surface area is 116 Å². The molecule has 2 aromatic carbocycles. The van der Waals surface area contributed by atoms with Crippen LogP contribution in [0.25, 0.3) is 0 Å². The zero-order valence-corrected chi connectivity index (χ0v) is 11.3. The molecule has 104 valence electrons. The second kappa shape index (κ2) is 5.74. The summed E-state index contributed by atoms with van der Waals surface area (Å²) >= 11 is 0. The molecular formula is C16H15FO3. The number of carboxylic acids is 1. The lowest BCUT2D eigenvalue weighted by atomic mass is 10.1. The number of benzene rings is 2. The molecule has 2 aromatic rings. The third kappa shape index (κ3) is 2.96. The molecule has 0 saturated heterocycles. The van der Waals surface area contributed by atoms with Gasteiger partial charge in [0.15, 0.2) is 0 Å². The van der Waals surface area contributed by atoms with E-state index in [1.54, 1.807) is 0 Å². The zero-order chi connectivity index (χ0) is 14.7. The monoisotopic (exact) mass is 274 g/mol. The van der Waals surface area contributed by atoms with E-state index in [1.165, 1.54) is 24.3 Å². The van der Waals surface area contributed by atoms with Crippen LogP contribution >= 0.6 is 0 Å². The topological polar surface area (TPSA) is 46.5 Å². The van der Waals surface area contributed by atoms with Gasteiger partial charge in [-0.1, -0.05) is 30.3 Å². The van der Waals surface area contributed by atoms with Crippen molar-refractivity contribution in [2.75, 3.05) is 0 Å². The van der Waals surface area contributed by atoms with Crippen molar-refractivity contribution in [2.24, 2.45) is 0 Å². The van der Waals surface area contributed by atoms with Crippen molar-refractivity contribution in [3.05, 3.63) is 65.0 Å². The highest BCUT2D eigenvalue weighted by Gasteiger charge is 2.23. The lowest BCUT2D eigenvalue weighted by molar-refractivity contribution is -0.145. The Hall–Kier alpha value is -2.36. The summed E-state index contributed by atoms with van der Waals surface area (Å²) in [5.41, 5.74) is 2.12. The second-order valence-corrected chi connectivity index (χ2v) is 4.61. The number of rotatable bonds is 4. The molecule has 3 nitrogen and oxygen atoms in total. The van der Waals surface area contributed by atoms with Crippen LogP contribution in [0, 0.1) is 19.7 Å². The molecular weight excluding hydrogens is 259 g/mol. The van der Waals surface area contributed by atoms with Gasteiger partial charge >= 0.3 is 5.97 Å². The fraction of sp³-hybridized carbons (Fsp3) is 0.188. The molecule has 1 atom stereocenters. The first kappa shape index (κ1) is 14.1. The summed E-state index contributed by atoms with van der Waals surface area (Å²) in [7, 11) is 0. The van der Waals surface area contributed by atoms with E-state index in [2.05, 4.69) is 0 Å². The van der Waals surface area contributed by atoms with Gasteiger partial charge in [-0.25, -0.2) is 9.18 Å². The Balaban J connectivity index is 2.35. The third-order valence-electron chi connectivity index (χ3n) is 3.04. The smallest absolute Gasteiger partial charge is 0.349 e. The van der Waals surface area contributed by atoms with Crippen molar-refractivity contribution in [3.8, 4) is 5.75 Å². The Morgan fingerprint density at radius 2 is 1.65 bits per heavy atom. The van der Waals surface area contributed by atoms with Gasteiger partial charge in [-0.15, -0.1) is 0 Å². The molecule has 1 unspecified atom stereocenters. The molecule has 0 aliphatic carbocycles. The fourth-order valence-electron chi connectivity index (χ4n) is 2.00. The van der Waals surface area contributed by atoms with Gasteiger partial charge in [-0.05, 0) is 37.1 Å². The lowest BCUT2D eigenvalue weighted by Crippen LogP contribution is -2.19. The van der Waals surface area contributed by atoms with E-state index in [1.807, 2.05) is 32.0 Å². The predicted molar refractivity (Wildman–Crippen MR) is 73.3 cm³/mol. The van der Waals surface area contributed by atoms with Crippen LogP contribution in [0.4, 0.5) is 4.39 Å². The number of ether oxygens (including phenoxy) is 1. The number of para-hydroxylation sites is 1. The molecule has 4 heteroatoms. The molecule has 20 heavy (non-hydrogen) atoms. The summed E-state index contributed by atoms with van der Waals surface area (Å²) in [6, 6.07) is 10.9. The van der Waals surface area contributed by atoms with Gasteiger partial charge in [0.1, 0.15) is 11.6 Å². The largest absolute Gasteiger partial charge is 0.478 e. The van der Waals surface area contributed by atoms with E-state index in [0.29, 0.717) is 11.3 Å². The average molecular weight is 274 g/mol. The first-order valence-corrected chi connectivity index (χ1v) is 6.20. The van der Waals surface area contributed by atoms with Crippen LogP contribution in [0.1, 0.15) is 22.8 Å². The number of halogens is 1. The van der Waals surface area contributed by atoms with Crippen LogP contribution in [0.2, 0.25) is 0 Å². The minimum atomic E-state index is -1.16. The second-order valence-electron chi connectivity index (χ2n) is 4.61. The van der Waals surface area contributed by atoms with Crippen molar-refractivity contribution in [1.29, 1.82) is 0 Å². The van der Waals surface area contributed by atoms with Crippen molar-refractivity contribution in [3.63, 3.8) is 0 Å². The number of hydrogen-bond donors (Lipinski definition) is 1. The molecule has 0 amide bonds. The molecule has 0 saturated carbocycles. The van der Waals surface area contributed by atoms with Gasteiger partial charge in [0.05, 0.1) is 0 Å². The maximum atomic E-state index is 12.9. The first-order valence-electron chi connectivity index (χ1n) is 6.20. The summed E-state index contributed by atoms with van der Waals surface area (Å²) in [6.45, 7) is 3.71. The maximum absolute atomic E-state index is 12.9. The first-order chi connectivity index (χ1) is 9.49. The molecule has 0 fully saturated rings. The number of carbonyl (C=O) groups is 1. The Morgan fingerprint density at radius 1 is 1.10 bits per heavy atom. The van der Waals surface area contributed by atoms with Gasteiger partial charge in [0.25, 0.3) is 0 Å². The predicted octanol–water partition coefficient (Wildman–Crippen LogP) is 3.65. The third-order valence-corrected chi connectivity index (χ3v) is 3.04. The summed E-state index contributed by atoms with van der Waals surface area (Å²) in [5.74, 6) is -0.978. The van der Waals surface area contributed by atoms with E-state index in [9.17, 15) is 14.3 Å². The number of carboxylic acid groups (broad SMARTS) is 1. The van der Waals surface area contributed by atoms with Crippen LogP contribution in [0.15, 0.2) is 42.5 Å². The summed E-state index contributed by atoms with van der Waals surface area (Å²) in [5, 5.41) is 9.32. The van der Waals surface area contributed by atoms with Gasteiger partial charge in [-0.2, -0.15) is 0 Å². The number of aryl methyl sites for hydroxylation is 2. The van der Waals surface area contributed by atoms with Gasteiger partial charge in [-0.3, -0.25) is 0 Å². The molecule has 0 aromatic heterocycles. The van der Waals surface area contributed by atoms with E-state index in [-0.39, 0.29) is 0 Å². The number of aliphatic carboxylic acids is 1. The van der Waals surface area contributed by atoms with Crippen LogP contribution in [-0.4, -0.2) is 11.1 Å². The van der Waals surface area contributed by atoms with Gasteiger partial charge in [0.2, 0.25) is 6.10 Å². The molecule has 0 spiro atoms. The zero-order valence-electron chi connectivity index (χ0n) is 11.3. The van der Waals surface area contributed by atoms with Crippen molar-refractivity contribution < 1.29 is 19.0 Å². The van der Waals surface area contributed by atoms with Crippen molar-refractivity contribution >= 4 is 5.97 Å². The lowest BCUT2D eigenvalue weighted by Gasteiger charge is -2.18. The molecule has 0 radical (unpaired) electrons. The summed E-state index contributed by atoms with van der Waals surface area (Å²) in [4.78, 5) is 11.4. The highest BCUT2D eigenvalue weighted by atomic mass is 19.1. The molecule has 0 bridgehead atoms. The maximum Gasteiger partial charge on any atom is 0.349 e. The molecule has 0 aliphatic rings. The molecule has 0 aliphatic heterocycles. The summed E-state index contributed by atoms with van der Waals surface area (Å²) < 4.78 is 18.6. The Morgan fingerprint density at radius 3 is 2.15 bits per heavy atom. The highest BCUT2D eigenvalue weighted by Crippen LogP contribution is 2.28. The van der Waals surface area contributed by atoms with Crippen LogP contribution in [-0.2, 0) is 4.79 Å². The standard InChI is InChI=1S/C16H15FO3/c1-10-4-3-5-11(2)14(10)20-15(16(18)19)12-6-8-13(17)9-7-12/h3-9,15H,1-2H3,(H,18,19). The normalized spacial score (nSPS) is 11.9. The average Bonchev–Trinajstić information content (AvgIpc) is 2.39. The van der Waals surface area contributed by atoms with E-state index in [0.717, 1.165) is 11.1 Å². The van der Waals surface area contributed by atoms with Crippen molar-refractivity contribution in [1.82, 2.24) is 0 Å². The minimum Gasteiger partial charge on any atom is -0.478 e. The van der Waals surface area contributed by atoms with E-state index >= 15 is 0 Å². The van der Waals surface area contributed by atoms with E-state index in [4.69, 9.17) is 4.74 Å². The van der Waals surface area contributed by atoms with Crippen LogP contribution < -0.4 is 4.74 Å². The fourth-order valence-corrected chi connectivity index (χ4v) is 2.00. The molecule has 0 heterocycles. The Bertz CT molecular complexity index is 600. The molecule has 1 N–H and O–H groups in total. The van der Waals surface area contributed by atoms with Crippen molar-refractivity contribution in [2.45, 2.75) is 20.0 Å². The molecule has 2 rings (SSSR count). The van der Waals surface area contributed by atoms with Gasteiger partial charge in [0, 0.05) is 5.56 Å². The number of hydrogen-bond acceptors (Lipinski definition) is 2. The quantitative estimate of drug-likeness (QED) is 0.925. The van der Waals surface area contributed by atoms with Gasteiger partial charge < -0.3 is 9.84 Å². The summed E-state index contributed by atoms with van der Waals surface area (Å²) in [6.07, 6.45) is -1.16. The SMILES string of the molecule is Cc1cccc(C)c1OC(C(=O)O)c1ccc(F)cc1. The van der Waals surface area contributed by atoms with Crippen LogP contribution in [0.3, 0.4) is 0 Å². The van der Waals surface area contributed by atoms with E-state index < -0.39 is 17.9 Å². The van der Waals surface area contributed by atoms with Crippen LogP contribution in [0.5, 0.6) is 5.75 Å². The Kier molecular flexibility index (Phi) is 4.03. The minimum absolute atomic E-state index is 0.404.